The molecular formula is C10H21F3N2. The maximum absolute atomic E-state index is 12.1. The smallest absolute Gasteiger partial charge is 0.313 e. The van der Waals surface area contributed by atoms with Crippen molar-refractivity contribution in [3.63, 3.8) is 0 Å². The zero-order valence-corrected chi connectivity index (χ0v) is 9.69. The third-order valence-corrected chi connectivity index (χ3v) is 2.38. The number of nitrogens with one attached hydrogen (secondary N) is 1. The minimum atomic E-state index is -4.09. The molecule has 0 aliphatic heterocycles. The van der Waals surface area contributed by atoms with E-state index in [2.05, 4.69) is 5.32 Å². The van der Waals surface area contributed by atoms with Gasteiger partial charge in [0.2, 0.25) is 0 Å². The number of nitrogens with zero attached hydrogens (tertiary/aromatic N) is 1. The molecule has 0 aromatic rings. The summed E-state index contributed by atoms with van der Waals surface area (Å²) in [5.74, 6) is 0. The fourth-order valence-corrected chi connectivity index (χ4v) is 1.22. The van der Waals surface area contributed by atoms with Crippen LogP contribution in [0.25, 0.3) is 0 Å². The third-order valence-electron chi connectivity index (χ3n) is 2.38. The molecule has 92 valence electrons. The Bertz CT molecular complexity index is 159. The van der Waals surface area contributed by atoms with Gasteiger partial charge in [-0.05, 0) is 19.9 Å². The van der Waals surface area contributed by atoms with Crippen LogP contribution in [0.3, 0.4) is 0 Å². The molecule has 5 heteroatoms. The van der Waals surface area contributed by atoms with Crippen molar-refractivity contribution in [2.75, 3.05) is 26.2 Å². The molecule has 0 bridgehead atoms. The summed E-state index contributed by atoms with van der Waals surface area (Å²) in [5, 5.41) is 3.17. The van der Waals surface area contributed by atoms with Crippen molar-refractivity contribution < 1.29 is 13.2 Å². The average molecular weight is 226 g/mol. The summed E-state index contributed by atoms with van der Waals surface area (Å²) >= 11 is 0. The van der Waals surface area contributed by atoms with E-state index in [0.717, 1.165) is 6.42 Å². The first kappa shape index (κ1) is 14.7. The highest BCUT2D eigenvalue weighted by atomic mass is 19.4. The van der Waals surface area contributed by atoms with Crippen molar-refractivity contribution in [1.82, 2.24) is 10.2 Å². The van der Waals surface area contributed by atoms with Gasteiger partial charge in [-0.1, -0.05) is 13.8 Å². The lowest BCUT2D eigenvalue weighted by Crippen LogP contribution is -2.40. The van der Waals surface area contributed by atoms with Gasteiger partial charge in [0, 0.05) is 19.1 Å². The second-order valence-corrected chi connectivity index (χ2v) is 3.75. The van der Waals surface area contributed by atoms with Crippen LogP contribution < -0.4 is 5.32 Å². The Hall–Kier alpha value is -0.290. The van der Waals surface area contributed by atoms with Crippen LogP contribution in [0.15, 0.2) is 0 Å². The van der Waals surface area contributed by atoms with E-state index >= 15 is 0 Å². The van der Waals surface area contributed by atoms with Crippen LogP contribution in [-0.4, -0.2) is 43.3 Å². The first-order valence-corrected chi connectivity index (χ1v) is 5.41. The number of halogens is 3. The highest BCUT2D eigenvalue weighted by Gasteiger charge is 2.29. The predicted molar refractivity (Wildman–Crippen MR) is 55.9 cm³/mol. The molecule has 0 amide bonds. The molecule has 0 heterocycles. The largest absolute Gasteiger partial charge is 0.401 e. The lowest BCUT2D eigenvalue weighted by atomic mass is 10.2. The molecular weight excluding hydrogens is 205 g/mol. The molecule has 0 aliphatic carbocycles. The molecule has 15 heavy (non-hydrogen) atoms. The summed E-state index contributed by atoms with van der Waals surface area (Å²) in [6.07, 6.45) is -3.10. The second-order valence-electron chi connectivity index (χ2n) is 3.75. The minimum Gasteiger partial charge on any atom is -0.313 e. The molecule has 1 unspecified atom stereocenters. The lowest BCUT2D eigenvalue weighted by Gasteiger charge is -2.22. The Morgan fingerprint density at radius 1 is 1.27 bits per heavy atom. The average Bonchev–Trinajstić information content (AvgIpc) is 2.14. The van der Waals surface area contributed by atoms with Crippen molar-refractivity contribution in [2.45, 2.75) is 39.4 Å². The van der Waals surface area contributed by atoms with E-state index < -0.39 is 12.7 Å². The van der Waals surface area contributed by atoms with Crippen molar-refractivity contribution in [3.8, 4) is 0 Å². The van der Waals surface area contributed by atoms with Gasteiger partial charge in [-0.2, -0.15) is 13.2 Å². The van der Waals surface area contributed by atoms with Crippen LogP contribution in [0.1, 0.15) is 27.2 Å². The van der Waals surface area contributed by atoms with Gasteiger partial charge in [0.1, 0.15) is 0 Å². The fraction of sp³-hybridized carbons (Fsp3) is 1.00. The molecule has 0 saturated heterocycles. The molecule has 1 N–H and O–H groups in total. The van der Waals surface area contributed by atoms with Crippen LogP contribution in [0.2, 0.25) is 0 Å². The Kier molecular flexibility index (Phi) is 6.92. The summed E-state index contributed by atoms with van der Waals surface area (Å²) in [5.41, 5.74) is 0. The van der Waals surface area contributed by atoms with Crippen LogP contribution in [-0.2, 0) is 0 Å². The molecule has 0 aromatic heterocycles. The highest BCUT2D eigenvalue weighted by molar-refractivity contribution is 4.65. The lowest BCUT2D eigenvalue weighted by molar-refractivity contribution is -0.145. The molecule has 0 radical (unpaired) electrons. The van der Waals surface area contributed by atoms with E-state index in [0.29, 0.717) is 25.7 Å². The van der Waals surface area contributed by atoms with E-state index in [4.69, 9.17) is 0 Å². The molecule has 0 spiro atoms. The zero-order chi connectivity index (χ0) is 11.9. The Labute approximate surface area is 89.8 Å². The monoisotopic (exact) mass is 226 g/mol. The second kappa shape index (κ2) is 7.06. The van der Waals surface area contributed by atoms with Gasteiger partial charge >= 0.3 is 6.18 Å². The minimum absolute atomic E-state index is 0.370. The molecule has 0 aliphatic rings. The zero-order valence-electron chi connectivity index (χ0n) is 9.69. The van der Waals surface area contributed by atoms with Gasteiger partial charge in [-0.3, -0.25) is 4.90 Å². The number of likely N-dealkylation sites (N-methyl/N-ethyl adjacent to an activating group) is 1. The Morgan fingerprint density at radius 3 is 2.27 bits per heavy atom. The topological polar surface area (TPSA) is 15.3 Å². The van der Waals surface area contributed by atoms with Gasteiger partial charge in [0.25, 0.3) is 0 Å². The van der Waals surface area contributed by atoms with Gasteiger partial charge in [-0.25, -0.2) is 0 Å². The standard InChI is InChI=1S/C10H21F3N2/c1-4-9(3)14-6-7-15(5-2)8-10(11,12)13/h9,14H,4-8H2,1-3H3. The SMILES string of the molecule is CCC(C)NCCN(CC)CC(F)(F)F. The van der Waals surface area contributed by atoms with E-state index in [1.54, 1.807) is 6.92 Å². The van der Waals surface area contributed by atoms with Crippen LogP contribution in [0, 0.1) is 0 Å². The number of alkyl halides is 3. The van der Waals surface area contributed by atoms with Gasteiger partial charge < -0.3 is 5.32 Å². The van der Waals surface area contributed by atoms with E-state index in [1.165, 1.54) is 4.90 Å². The molecule has 0 rings (SSSR count). The fourth-order valence-electron chi connectivity index (χ4n) is 1.22. The summed E-state index contributed by atoms with van der Waals surface area (Å²) in [6.45, 7) is 6.49. The van der Waals surface area contributed by atoms with Crippen LogP contribution >= 0.6 is 0 Å². The van der Waals surface area contributed by atoms with E-state index in [9.17, 15) is 13.2 Å². The summed E-state index contributed by atoms with van der Waals surface area (Å²) in [6, 6.07) is 0.370. The normalized spacial score (nSPS) is 14.6. The van der Waals surface area contributed by atoms with E-state index in [1.807, 2.05) is 13.8 Å². The van der Waals surface area contributed by atoms with Crippen LogP contribution in [0.5, 0.6) is 0 Å². The maximum Gasteiger partial charge on any atom is 0.401 e. The molecule has 1 atom stereocenters. The van der Waals surface area contributed by atoms with Gasteiger partial charge in [-0.15, -0.1) is 0 Å². The molecule has 2 nitrogen and oxygen atoms in total. The number of hydrogen-bond acceptors (Lipinski definition) is 2. The van der Waals surface area contributed by atoms with Gasteiger partial charge in [0.15, 0.2) is 0 Å². The first-order chi connectivity index (χ1) is 6.89. The Balaban J connectivity index is 3.71. The summed E-state index contributed by atoms with van der Waals surface area (Å²) in [4.78, 5) is 1.40. The maximum atomic E-state index is 12.1. The first-order valence-electron chi connectivity index (χ1n) is 5.41. The van der Waals surface area contributed by atoms with Gasteiger partial charge in [0.05, 0.1) is 6.54 Å². The summed E-state index contributed by atoms with van der Waals surface area (Å²) < 4.78 is 36.2. The molecule has 0 aromatic carbocycles. The molecule has 0 saturated carbocycles. The van der Waals surface area contributed by atoms with Crippen molar-refractivity contribution in [2.24, 2.45) is 0 Å². The predicted octanol–water partition coefficient (Wildman–Crippen LogP) is 2.26. The molecule has 0 fully saturated rings. The van der Waals surface area contributed by atoms with Crippen molar-refractivity contribution in [1.29, 1.82) is 0 Å². The van der Waals surface area contributed by atoms with Crippen LogP contribution in [0.4, 0.5) is 13.2 Å². The third kappa shape index (κ3) is 8.69. The highest BCUT2D eigenvalue weighted by Crippen LogP contribution is 2.15. The van der Waals surface area contributed by atoms with Crippen molar-refractivity contribution >= 4 is 0 Å². The quantitative estimate of drug-likeness (QED) is 0.716. The summed E-state index contributed by atoms with van der Waals surface area (Å²) in [7, 11) is 0. The number of hydrogen-bond donors (Lipinski definition) is 1. The Morgan fingerprint density at radius 2 is 1.87 bits per heavy atom. The van der Waals surface area contributed by atoms with Crippen molar-refractivity contribution in [3.05, 3.63) is 0 Å². The van der Waals surface area contributed by atoms with E-state index in [-0.39, 0.29) is 0 Å². The number of rotatable bonds is 7.